The van der Waals surface area contributed by atoms with E-state index in [1.807, 2.05) is 38.1 Å². The average molecular weight is 376 g/mol. The third-order valence-corrected chi connectivity index (χ3v) is 4.36. The number of rotatable bonds is 6. The molecule has 6 heteroatoms. The molecule has 3 aromatic rings. The highest BCUT2D eigenvalue weighted by Gasteiger charge is 2.12. The lowest BCUT2D eigenvalue weighted by molar-refractivity contribution is 0.102. The minimum Gasteiger partial charge on any atom is -0.494 e. The number of hydrogen-bond donors (Lipinski definition) is 2. The zero-order chi connectivity index (χ0) is 20.1. The van der Waals surface area contributed by atoms with E-state index in [2.05, 4.69) is 33.6 Å². The third-order valence-electron chi connectivity index (χ3n) is 4.36. The van der Waals surface area contributed by atoms with Crippen molar-refractivity contribution in [2.45, 2.75) is 27.7 Å². The largest absolute Gasteiger partial charge is 0.494 e. The van der Waals surface area contributed by atoms with Crippen LogP contribution < -0.4 is 15.4 Å². The van der Waals surface area contributed by atoms with E-state index in [1.165, 1.54) is 5.56 Å². The van der Waals surface area contributed by atoms with Crippen LogP contribution in [0.15, 0.2) is 48.5 Å². The number of carbonyl (C=O) groups is 1. The Hall–Kier alpha value is -3.41. The molecule has 1 amide bonds. The van der Waals surface area contributed by atoms with Crippen molar-refractivity contribution in [1.82, 2.24) is 9.97 Å². The van der Waals surface area contributed by atoms with Gasteiger partial charge in [0.1, 0.15) is 23.1 Å². The van der Waals surface area contributed by atoms with Gasteiger partial charge in [-0.2, -0.15) is 0 Å². The summed E-state index contributed by atoms with van der Waals surface area (Å²) in [5, 5.41) is 6.14. The van der Waals surface area contributed by atoms with Crippen molar-refractivity contribution >= 4 is 23.1 Å². The second kappa shape index (κ2) is 8.52. The predicted octanol–water partition coefficient (Wildman–Crippen LogP) is 4.80. The number of carbonyl (C=O) groups excluding carboxylic acids is 1. The topological polar surface area (TPSA) is 76.1 Å². The number of hydrogen-bond acceptors (Lipinski definition) is 5. The van der Waals surface area contributed by atoms with Gasteiger partial charge in [0, 0.05) is 17.4 Å². The van der Waals surface area contributed by atoms with Crippen LogP contribution in [-0.4, -0.2) is 22.5 Å². The van der Waals surface area contributed by atoms with E-state index >= 15 is 0 Å². The highest BCUT2D eigenvalue weighted by molar-refractivity contribution is 6.03. The summed E-state index contributed by atoms with van der Waals surface area (Å²) in [7, 11) is 0. The van der Waals surface area contributed by atoms with Crippen molar-refractivity contribution in [1.29, 1.82) is 0 Å². The monoisotopic (exact) mass is 376 g/mol. The van der Waals surface area contributed by atoms with Gasteiger partial charge in [-0.3, -0.25) is 4.79 Å². The summed E-state index contributed by atoms with van der Waals surface area (Å²) in [4.78, 5) is 21.3. The van der Waals surface area contributed by atoms with E-state index in [9.17, 15) is 4.79 Å². The van der Waals surface area contributed by atoms with Gasteiger partial charge in [-0.05, 0) is 69.2 Å². The maximum Gasteiger partial charge on any atom is 0.274 e. The number of anilines is 3. The molecule has 0 saturated heterocycles. The van der Waals surface area contributed by atoms with Gasteiger partial charge in [0.15, 0.2) is 0 Å². The standard InChI is InChI=1S/C22H24N4O2/c1-5-28-18-11-9-17(10-12-18)25-22(27)20-13-21(24-16(4)23-20)26-19-8-6-7-14(2)15(19)3/h6-13H,5H2,1-4H3,(H,25,27)(H,23,24,26). The SMILES string of the molecule is CCOc1ccc(NC(=O)c2cc(Nc3cccc(C)c3C)nc(C)n2)cc1. The first-order valence-electron chi connectivity index (χ1n) is 9.19. The van der Waals surface area contributed by atoms with Crippen molar-refractivity contribution in [3.63, 3.8) is 0 Å². The molecule has 2 aromatic carbocycles. The Morgan fingerprint density at radius 3 is 2.50 bits per heavy atom. The summed E-state index contributed by atoms with van der Waals surface area (Å²) in [5.41, 5.74) is 4.25. The molecule has 0 aliphatic heterocycles. The van der Waals surface area contributed by atoms with Gasteiger partial charge in [0.2, 0.25) is 0 Å². The van der Waals surface area contributed by atoms with Crippen LogP contribution in [0.3, 0.4) is 0 Å². The quantitative estimate of drug-likeness (QED) is 0.646. The van der Waals surface area contributed by atoms with Gasteiger partial charge in [0.05, 0.1) is 6.61 Å². The number of aromatic nitrogens is 2. The second-order valence-electron chi connectivity index (χ2n) is 6.47. The van der Waals surface area contributed by atoms with E-state index in [-0.39, 0.29) is 5.91 Å². The minimum atomic E-state index is -0.293. The number of nitrogens with one attached hydrogen (secondary N) is 2. The summed E-state index contributed by atoms with van der Waals surface area (Å²) in [6, 6.07) is 14.9. The average Bonchev–Trinajstić information content (AvgIpc) is 2.67. The van der Waals surface area contributed by atoms with Gasteiger partial charge in [-0.25, -0.2) is 9.97 Å². The molecular weight excluding hydrogens is 352 g/mol. The van der Waals surface area contributed by atoms with E-state index in [0.717, 1.165) is 17.0 Å². The van der Waals surface area contributed by atoms with Crippen LogP contribution in [0.1, 0.15) is 34.4 Å². The molecule has 0 aliphatic rings. The Bertz CT molecular complexity index is 984. The van der Waals surface area contributed by atoms with E-state index in [0.29, 0.717) is 29.6 Å². The molecule has 0 saturated carbocycles. The zero-order valence-electron chi connectivity index (χ0n) is 16.5. The molecule has 144 valence electrons. The van der Waals surface area contributed by atoms with Crippen molar-refractivity contribution < 1.29 is 9.53 Å². The van der Waals surface area contributed by atoms with Crippen LogP contribution in [-0.2, 0) is 0 Å². The summed E-state index contributed by atoms with van der Waals surface area (Å²) < 4.78 is 5.41. The first kappa shape index (κ1) is 19.4. The molecule has 0 fully saturated rings. The van der Waals surface area contributed by atoms with E-state index in [1.54, 1.807) is 25.1 Å². The van der Waals surface area contributed by atoms with Gasteiger partial charge in [-0.1, -0.05) is 12.1 Å². The zero-order valence-corrected chi connectivity index (χ0v) is 16.5. The lowest BCUT2D eigenvalue weighted by atomic mass is 10.1. The second-order valence-corrected chi connectivity index (χ2v) is 6.47. The Morgan fingerprint density at radius 1 is 1.04 bits per heavy atom. The maximum absolute atomic E-state index is 12.6. The molecule has 0 unspecified atom stereocenters. The fraction of sp³-hybridized carbons (Fsp3) is 0.227. The Balaban J connectivity index is 1.78. The molecule has 2 N–H and O–H groups in total. The number of ether oxygens (including phenoxy) is 1. The lowest BCUT2D eigenvalue weighted by Crippen LogP contribution is -2.15. The highest BCUT2D eigenvalue weighted by atomic mass is 16.5. The van der Waals surface area contributed by atoms with Crippen molar-refractivity contribution in [3.8, 4) is 5.75 Å². The van der Waals surface area contributed by atoms with Crippen LogP contribution in [0.5, 0.6) is 5.75 Å². The van der Waals surface area contributed by atoms with Gasteiger partial charge < -0.3 is 15.4 Å². The van der Waals surface area contributed by atoms with Crippen LogP contribution in [0.2, 0.25) is 0 Å². The Morgan fingerprint density at radius 2 is 1.79 bits per heavy atom. The molecule has 6 nitrogen and oxygen atoms in total. The van der Waals surface area contributed by atoms with Gasteiger partial charge in [0.25, 0.3) is 5.91 Å². The molecule has 28 heavy (non-hydrogen) atoms. The molecule has 1 heterocycles. The Kier molecular flexibility index (Phi) is 5.89. The maximum atomic E-state index is 12.6. The van der Waals surface area contributed by atoms with Crippen molar-refractivity contribution in [2.24, 2.45) is 0 Å². The minimum absolute atomic E-state index is 0.293. The first-order chi connectivity index (χ1) is 13.5. The fourth-order valence-electron chi connectivity index (χ4n) is 2.77. The highest BCUT2D eigenvalue weighted by Crippen LogP contribution is 2.22. The number of benzene rings is 2. The molecule has 0 aliphatic carbocycles. The van der Waals surface area contributed by atoms with E-state index in [4.69, 9.17) is 4.74 Å². The Labute approximate surface area is 165 Å². The van der Waals surface area contributed by atoms with Crippen LogP contribution >= 0.6 is 0 Å². The van der Waals surface area contributed by atoms with Gasteiger partial charge >= 0.3 is 0 Å². The summed E-state index contributed by atoms with van der Waals surface area (Å²) in [6.45, 7) is 8.40. The predicted molar refractivity (Wildman–Crippen MR) is 112 cm³/mol. The summed E-state index contributed by atoms with van der Waals surface area (Å²) in [6.07, 6.45) is 0. The molecule has 1 aromatic heterocycles. The fourth-order valence-corrected chi connectivity index (χ4v) is 2.77. The van der Waals surface area contributed by atoms with Crippen LogP contribution in [0, 0.1) is 20.8 Å². The molecule has 3 rings (SSSR count). The van der Waals surface area contributed by atoms with Gasteiger partial charge in [-0.15, -0.1) is 0 Å². The number of nitrogens with zero attached hydrogens (tertiary/aromatic N) is 2. The summed E-state index contributed by atoms with van der Waals surface area (Å²) in [5.74, 6) is 1.57. The molecule has 0 spiro atoms. The lowest BCUT2D eigenvalue weighted by Gasteiger charge is -2.12. The molecular formula is C22H24N4O2. The molecule has 0 bridgehead atoms. The molecule has 0 atom stereocenters. The first-order valence-corrected chi connectivity index (χ1v) is 9.19. The van der Waals surface area contributed by atoms with Crippen molar-refractivity contribution in [3.05, 3.63) is 71.2 Å². The third kappa shape index (κ3) is 4.65. The number of amides is 1. The molecule has 0 radical (unpaired) electrons. The normalized spacial score (nSPS) is 10.4. The number of aryl methyl sites for hydroxylation is 2. The van der Waals surface area contributed by atoms with Crippen molar-refractivity contribution in [2.75, 3.05) is 17.2 Å². The summed E-state index contributed by atoms with van der Waals surface area (Å²) >= 11 is 0. The van der Waals surface area contributed by atoms with Crippen LogP contribution in [0.25, 0.3) is 0 Å². The van der Waals surface area contributed by atoms with E-state index < -0.39 is 0 Å². The van der Waals surface area contributed by atoms with Crippen LogP contribution in [0.4, 0.5) is 17.2 Å². The smallest absolute Gasteiger partial charge is 0.274 e.